The number of rotatable bonds is 3. The highest BCUT2D eigenvalue weighted by Gasteiger charge is 2.34. The smallest absolute Gasteiger partial charge is 0.227 e. The van der Waals surface area contributed by atoms with Gasteiger partial charge in [-0.2, -0.15) is 0 Å². The molecule has 22 heavy (non-hydrogen) atoms. The Labute approximate surface area is 133 Å². The second-order valence-electron chi connectivity index (χ2n) is 7.27. The van der Waals surface area contributed by atoms with E-state index < -0.39 is 0 Å². The summed E-state index contributed by atoms with van der Waals surface area (Å²) in [5.41, 5.74) is 6.08. The van der Waals surface area contributed by atoms with Crippen molar-refractivity contribution in [2.75, 3.05) is 26.2 Å². The van der Waals surface area contributed by atoms with Gasteiger partial charge in [-0.25, -0.2) is 0 Å². The minimum atomic E-state index is 0.0213. The maximum atomic E-state index is 12.5. The summed E-state index contributed by atoms with van der Waals surface area (Å²) in [6.45, 7) is 3.24. The van der Waals surface area contributed by atoms with Gasteiger partial charge >= 0.3 is 0 Å². The minimum absolute atomic E-state index is 0.0213. The molecule has 5 heteroatoms. The summed E-state index contributed by atoms with van der Waals surface area (Å²) in [7, 11) is 0. The van der Waals surface area contributed by atoms with Crippen molar-refractivity contribution in [2.24, 2.45) is 17.6 Å². The van der Waals surface area contributed by atoms with Gasteiger partial charge in [-0.1, -0.05) is 6.42 Å². The first kappa shape index (κ1) is 15.8. The van der Waals surface area contributed by atoms with Gasteiger partial charge in [0.1, 0.15) is 0 Å². The fourth-order valence-corrected chi connectivity index (χ4v) is 4.27. The molecule has 5 nitrogen and oxygen atoms in total. The highest BCUT2D eigenvalue weighted by atomic mass is 16.2. The highest BCUT2D eigenvalue weighted by molar-refractivity contribution is 5.81. The minimum Gasteiger partial charge on any atom is -0.342 e. The lowest BCUT2D eigenvalue weighted by Crippen LogP contribution is -2.46. The third-order valence-electron chi connectivity index (χ3n) is 5.70. The molecule has 2 saturated heterocycles. The molecule has 3 fully saturated rings. The number of nitrogens with zero attached hydrogens (tertiary/aromatic N) is 2. The molecule has 2 heterocycles. The normalized spacial score (nSPS) is 32.5. The Morgan fingerprint density at radius 2 is 1.64 bits per heavy atom. The Morgan fingerprint density at radius 1 is 0.909 bits per heavy atom. The van der Waals surface area contributed by atoms with E-state index in [-0.39, 0.29) is 23.8 Å². The molecule has 3 atom stereocenters. The van der Waals surface area contributed by atoms with Crippen LogP contribution in [0.1, 0.15) is 51.4 Å². The van der Waals surface area contributed by atoms with Crippen LogP contribution in [0.2, 0.25) is 0 Å². The topological polar surface area (TPSA) is 66.6 Å². The molecule has 2 aliphatic heterocycles. The largest absolute Gasteiger partial charge is 0.342 e. The van der Waals surface area contributed by atoms with Gasteiger partial charge in [0.2, 0.25) is 11.8 Å². The van der Waals surface area contributed by atoms with Gasteiger partial charge < -0.3 is 15.5 Å². The van der Waals surface area contributed by atoms with E-state index in [1.54, 1.807) is 0 Å². The summed E-state index contributed by atoms with van der Waals surface area (Å²) in [6, 6.07) is 0.191. The Kier molecular flexibility index (Phi) is 5.01. The molecule has 0 aromatic rings. The SMILES string of the molecule is N[C@@H]1CCC[C@H]1CC(=O)N1CCCC(C(=O)N2CCCC2)C1. The number of piperidine rings is 1. The predicted molar refractivity (Wildman–Crippen MR) is 85.1 cm³/mol. The number of amides is 2. The van der Waals surface area contributed by atoms with Gasteiger partial charge in [0.15, 0.2) is 0 Å². The summed E-state index contributed by atoms with van der Waals surface area (Å²) in [4.78, 5) is 29.0. The number of likely N-dealkylation sites (tertiary alicyclic amines) is 2. The van der Waals surface area contributed by atoms with Crippen LogP contribution in [0, 0.1) is 11.8 Å². The molecule has 2 amide bonds. The zero-order valence-corrected chi connectivity index (χ0v) is 13.5. The number of hydrogen-bond donors (Lipinski definition) is 1. The highest BCUT2D eigenvalue weighted by Crippen LogP contribution is 2.28. The van der Waals surface area contributed by atoms with Gasteiger partial charge in [-0.15, -0.1) is 0 Å². The van der Waals surface area contributed by atoms with Crippen LogP contribution in [0.4, 0.5) is 0 Å². The summed E-state index contributed by atoms with van der Waals surface area (Å²) in [5.74, 6) is 0.851. The molecule has 124 valence electrons. The van der Waals surface area contributed by atoms with E-state index in [1.807, 2.05) is 9.80 Å². The van der Waals surface area contributed by atoms with Crippen LogP contribution >= 0.6 is 0 Å². The van der Waals surface area contributed by atoms with Crippen molar-refractivity contribution >= 4 is 11.8 Å². The molecular formula is C17H29N3O2. The molecule has 1 unspecified atom stereocenters. The van der Waals surface area contributed by atoms with Crippen LogP contribution in [0.3, 0.4) is 0 Å². The third-order valence-corrected chi connectivity index (χ3v) is 5.70. The van der Waals surface area contributed by atoms with E-state index in [4.69, 9.17) is 5.73 Å². The van der Waals surface area contributed by atoms with Gasteiger partial charge in [0.25, 0.3) is 0 Å². The molecule has 0 aromatic carbocycles. The van der Waals surface area contributed by atoms with E-state index in [0.29, 0.717) is 18.9 Å². The van der Waals surface area contributed by atoms with Crippen molar-refractivity contribution in [1.29, 1.82) is 0 Å². The quantitative estimate of drug-likeness (QED) is 0.856. The monoisotopic (exact) mass is 307 g/mol. The first-order chi connectivity index (χ1) is 10.6. The molecule has 0 bridgehead atoms. The van der Waals surface area contributed by atoms with Crippen molar-refractivity contribution in [1.82, 2.24) is 9.80 Å². The van der Waals surface area contributed by atoms with Gasteiger partial charge in [0, 0.05) is 38.6 Å². The second kappa shape index (κ2) is 6.99. The number of carbonyl (C=O) groups is 2. The van der Waals surface area contributed by atoms with Crippen molar-refractivity contribution in [3.8, 4) is 0 Å². The average Bonchev–Trinajstić information content (AvgIpc) is 3.19. The van der Waals surface area contributed by atoms with Crippen LogP contribution in [0.15, 0.2) is 0 Å². The maximum absolute atomic E-state index is 12.5. The molecule has 3 aliphatic rings. The Hall–Kier alpha value is -1.10. The van der Waals surface area contributed by atoms with E-state index in [0.717, 1.165) is 64.6 Å². The summed E-state index contributed by atoms with van der Waals surface area (Å²) in [6.07, 6.45) is 7.99. The Balaban J connectivity index is 1.53. The molecule has 0 aromatic heterocycles. The van der Waals surface area contributed by atoms with Crippen LogP contribution in [-0.2, 0) is 9.59 Å². The summed E-state index contributed by atoms with van der Waals surface area (Å²) >= 11 is 0. The maximum Gasteiger partial charge on any atom is 0.227 e. The lowest BCUT2D eigenvalue weighted by molar-refractivity contribution is -0.140. The zero-order valence-electron chi connectivity index (χ0n) is 13.5. The van der Waals surface area contributed by atoms with Crippen LogP contribution in [0.25, 0.3) is 0 Å². The molecule has 1 saturated carbocycles. The van der Waals surface area contributed by atoms with E-state index in [1.165, 1.54) is 0 Å². The molecular weight excluding hydrogens is 278 g/mol. The zero-order chi connectivity index (χ0) is 15.5. The first-order valence-corrected chi connectivity index (χ1v) is 8.97. The number of hydrogen-bond acceptors (Lipinski definition) is 3. The molecule has 0 spiro atoms. The van der Waals surface area contributed by atoms with Crippen molar-refractivity contribution in [3.05, 3.63) is 0 Å². The van der Waals surface area contributed by atoms with Crippen molar-refractivity contribution < 1.29 is 9.59 Å². The van der Waals surface area contributed by atoms with Crippen molar-refractivity contribution in [3.63, 3.8) is 0 Å². The third kappa shape index (κ3) is 3.45. The van der Waals surface area contributed by atoms with Gasteiger partial charge in [-0.05, 0) is 44.4 Å². The van der Waals surface area contributed by atoms with Crippen LogP contribution in [0.5, 0.6) is 0 Å². The number of carbonyl (C=O) groups excluding carboxylic acids is 2. The Bertz CT molecular complexity index is 420. The van der Waals surface area contributed by atoms with E-state index in [2.05, 4.69) is 0 Å². The number of nitrogens with two attached hydrogens (primary N) is 1. The van der Waals surface area contributed by atoms with E-state index in [9.17, 15) is 9.59 Å². The predicted octanol–water partition coefficient (Wildman–Crippen LogP) is 1.36. The fraction of sp³-hybridized carbons (Fsp3) is 0.882. The summed E-state index contributed by atoms with van der Waals surface area (Å²) < 4.78 is 0. The van der Waals surface area contributed by atoms with Crippen molar-refractivity contribution in [2.45, 2.75) is 57.4 Å². The molecule has 3 rings (SSSR count). The second-order valence-corrected chi connectivity index (χ2v) is 7.27. The summed E-state index contributed by atoms with van der Waals surface area (Å²) in [5, 5.41) is 0. The average molecular weight is 307 g/mol. The Morgan fingerprint density at radius 3 is 2.32 bits per heavy atom. The standard InChI is InChI=1S/C17H29N3O2/c18-15-7-3-5-13(15)11-16(21)20-10-4-6-14(12-20)17(22)19-8-1-2-9-19/h13-15H,1-12,18H2/t13-,14?,15+/m0/s1. The van der Waals surface area contributed by atoms with Gasteiger partial charge in [-0.3, -0.25) is 9.59 Å². The molecule has 0 radical (unpaired) electrons. The fourth-order valence-electron chi connectivity index (χ4n) is 4.27. The van der Waals surface area contributed by atoms with Crippen LogP contribution in [-0.4, -0.2) is 53.8 Å². The first-order valence-electron chi connectivity index (χ1n) is 8.97. The molecule has 2 N–H and O–H groups in total. The van der Waals surface area contributed by atoms with Crippen LogP contribution < -0.4 is 5.73 Å². The van der Waals surface area contributed by atoms with E-state index >= 15 is 0 Å². The lowest BCUT2D eigenvalue weighted by Gasteiger charge is -2.34. The lowest BCUT2D eigenvalue weighted by atomic mass is 9.94. The molecule has 1 aliphatic carbocycles. The van der Waals surface area contributed by atoms with Gasteiger partial charge in [0.05, 0.1) is 5.92 Å².